The van der Waals surface area contributed by atoms with Crippen LogP contribution in [0.4, 0.5) is 30.7 Å². The molecule has 0 radical (unpaired) electrons. The van der Waals surface area contributed by atoms with E-state index >= 15 is 0 Å². The van der Waals surface area contributed by atoms with Gasteiger partial charge in [0.25, 0.3) is 0 Å². The fraction of sp³-hybridized carbons (Fsp3) is 0.316. The van der Waals surface area contributed by atoms with Crippen LogP contribution >= 0.6 is 0 Å². The van der Waals surface area contributed by atoms with Gasteiger partial charge >= 0.3 is 12.4 Å². The number of aldehydes is 1. The van der Waals surface area contributed by atoms with Gasteiger partial charge in [0, 0.05) is 18.9 Å². The maximum Gasteiger partial charge on any atom is 0.416 e. The molecule has 0 bridgehead atoms. The molecule has 158 valence electrons. The molecule has 0 aliphatic carbocycles. The third-order valence-electron chi connectivity index (χ3n) is 4.19. The van der Waals surface area contributed by atoms with Crippen LogP contribution in [0, 0.1) is 5.82 Å². The maximum atomic E-state index is 13.0. The molecule has 1 unspecified atom stereocenters. The Bertz CT molecular complexity index is 800. The van der Waals surface area contributed by atoms with Crippen LogP contribution in [-0.4, -0.2) is 17.6 Å². The topological polar surface area (TPSA) is 49.3 Å². The Morgan fingerprint density at radius 3 is 1.90 bits per heavy atom. The van der Waals surface area contributed by atoms with Crippen LogP contribution in [0.2, 0.25) is 0 Å². The van der Waals surface area contributed by atoms with Crippen LogP contribution in [0.5, 0.6) is 0 Å². The summed E-state index contributed by atoms with van der Waals surface area (Å²) in [6.07, 6.45) is -11.2. The average molecular weight is 423 g/mol. The number of carbonyl (C=O) groups excluding carboxylic acids is 1. The van der Waals surface area contributed by atoms with Crippen LogP contribution in [0.25, 0.3) is 0 Å². The molecule has 0 spiro atoms. The molecule has 0 heterocycles. The Morgan fingerprint density at radius 1 is 0.931 bits per heavy atom. The summed E-state index contributed by atoms with van der Waals surface area (Å²) < 4.78 is 90.5. The predicted molar refractivity (Wildman–Crippen MR) is 89.1 cm³/mol. The molecule has 0 aliphatic rings. The molecule has 0 amide bonds. The van der Waals surface area contributed by atoms with Gasteiger partial charge in [0.15, 0.2) is 0 Å². The second-order valence-corrected chi connectivity index (χ2v) is 6.30. The van der Waals surface area contributed by atoms with Gasteiger partial charge in [-0.25, -0.2) is 4.39 Å². The van der Waals surface area contributed by atoms with Gasteiger partial charge in [-0.3, -0.25) is 5.32 Å². The van der Waals surface area contributed by atoms with Gasteiger partial charge in [-0.05, 0) is 41.5 Å². The third kappa shape index (κ3) is 6.26. The molecule has 0 saturated carbocycles. The van der Waals surface area contributed by atoms with E-state index in [2.05, 4.69) is 5.32 Å². The highest BCUT2D eigenvalue weighted by Crippen LogP contribution is 2.36. The summed E-state index contributed by atoms with van der Waals surface area (Å²) in [5.41, 5.74) is -2.92. The monoisotopic (exact) mass is 423 g/mol. The second-order valence-electron chi connectivity index (χ2n) is 6.30. The van der Waals surface area contributed by atoms with Crippen molar-refractivity contribution in [1.29, 1.82) is 0 Å². The molecular weight excluding hydrogens is 407 g/mol. The fourth-order valence-corrected chi connectivity index (χ4v) is 2.75. The lowest BCUT2D eigenvalue weighted by Crippen LogP contribution is -2.34. The van der Waals surface area contributed by atoms with Crippen molar-refractivity contribution in [2.24, 2.45) is 0 Å². The molecule has 2 N–H and O–H groups in total. The van der Waals surface area contributed by atoms with E-state index in [9.17, 15) is 40.6 Å². The summed E-state index contributed by atoms with van der Waals surface area (Å²) in [6.45, 7) is -0.523. The highest BCUT2D eigenvalue weighted by molar-refractivity contribution is 5.52. The minimum Gasteiger partial charge on any atom is -0.378 e. The van der Waals surface area contributed by atoms with Gasteiger partial charge in [0.1, 0.15) is 18.3 Å². The number of aliphatic hydroxyl groups is 1. The zero-order valence-corrected chi connectivity index (χ0v) is 14.7. The number of aliphatic hydroxyl groups excluding tert-OH is 1. The first-order valence-corrected chi connectivity index (χ1v) is 8.30. The van der Waals surface area contributed by atoms with Crippen LogP contribution in [-0.2, 0) is 23.7 Å². The van der Waals surface area contributed by atoms with Crippen molar-refractivity contribution in [2.75, 3.05) is 0 Å². The number of carbonyl (C=O) groups is 1. The van der Waals surface area contributed by atoms with Crippen LogP contribution in [0.3, 0.4) is 0 Å². The number of alkyl halides is 6. The maximum absolute atomic E-state index is 13.0. The largest absolute Gasteiger partial charge is 0.416 e. The van der Waals surface area contributed by atoms with E-state index in [4.69, 9.17) is 0 Å². The number of benzene rings is 2. The van der Waals surface area contributed by atoms with Crippen LogP contribution in [0.15, 0.2) is 42.5 Å². The van der Waals surface area contributed by atoms with Crippen molar-refractivity contribution in [3.8, 4) is 0 Å². The highest BCUT2D eigenvalue weighted by Gasteiger charge is 2.37. The van der Waals surface area contributed by atoms with Crippen molar-refractivity contribution < 1.29 is 40.6 Å². The quantitative estimate of drug-likeness (QED) is 0.388. The van der Waals surface area contributed by atoms with Gasteiger partial charge < -0.3 is 9.90 Å². The van der Waals surface area contributed by atoms with E-state index in [1.165, 1.54) is 12.1 Å². The van der Waals surface area contributed by atoms with Crippen molar-refractivity contribution in [2.45, 2.75) is 37.5 Å². The van der Waals surface area contributed by atoms with Gasteiger partial charge in [0.05, 0.1) is 11.1 Å². The standard InChI is InChI=1S/C19H16F7NO2/c20-15-3-1-12(2-4-15)16(5-6-28)17(29)27-10-11-7-13(18(21,22)23)9-14(8-11)19(24,25)26/h1-4,6-9,16-17,27,29H,5,10H2/t16-,17?/m0/s1. The Hall–Kier alpha value is -2.46. The highest BCUT2D eigenvalue weighted by atomic mass is 19.4. The number of halogens is 7. The lowest BCUT2D eigenvalue weighted by molar-refractivity contribution is -0.143. The summed E-state index contributed by atoms with van der Waals surface area (Å²) in [4.78, 5) is 10.9. The molecule has 0 saturated heterocycles. The fourth-order valence-electron chi connectivity index (χ4n) is 2.75. The van der Waals surface area contributed by atoms with E-state index in [-0.39, 0.29) is 18.1 Å². The predicted octanol–water partition coefficient (Wildman–Crippen LogP) is 4.64. The molecule has 10 heteroatoms. The third-order valence-corrected chi connectivity index (χ3v) is 4.19. The molecule has 2 aromatic rings. The van der Waals surface area contributed by atoms with Gasteiger partial charge in [-0.2, -0.15) is 26.3 Å². The molecule has 2 aromatic carbocycles. The minimum atomic E-state index is -4.98. The Kier molecular flexibility index (Phi) is 7.02. The van der Waals surface area contributed by atoms with Crippen LogP contribution < -0.4 is 5.32 Å². The number of hydrogen-bond acceptors (Lipinski definition) is 3. The number of hydrogen-bond donors (Lipinski definition) is 2. The molecule has 0 aliphatic heterocycles. The molecule has 0 fully saturated rings. The van der Waals surface area contributed by atoms with E-state index in [0.29, 0.717) is 24.0 Å². The average Bonchev–Trinajstić information content (AvgIpc) is 2.63. The van der Waals surface area contributed by atoms with E-state index in [1.807, 2.05) is 0 Å². The molecular formula is C19H16F7NO2. The summed E-state index contributed by atoms with van der Waals surface area (Å²) >= 11 is 0. The van der Waals surface area contributed by atoms with Crippen molar-refractivity contribution in [1.82, 2.24) is 5.32 Å². The van der Waals surface area contributed by atoms with Gasteiger partial charge in [-0.1, -0.05) is 12.1 Å². The first kappa shape index (κ1) is 22.8. The zero-order chi connectivity index (χ0) is 21.8. The number of rotatable bonds is 7. The minimum absolute atomic E-state index is 0.00758. The summed E-state index contributed by atoms with van der Waals surface area (Å²) in [6, 6.07) is 5.93. The van der Waals surface area contributed by atoms with Crippen molar-refractivity contribution >= 4 is 6.29 Å². The molecule has 29 heavy (non-hydrogen) atoms. The first-order chi connectivity index (χ1) is 13.4. The molecule has 3 nitrogen and oxygen atoms in total. The summed E-state index contributed by atoms with van der Waals surface area (Å²) in [7, 11) is 0. The van der Waals surface area contributed by atoms with Crippen molar-refractivity contribution in [3.63, 3.8) is 0 Å². The Labute approximate surface area is 161 Å². The lowest BCUT2D eigenvalue weighted by atomic mass is 9.94. The molecule has 2 atom stereocenters. The summed E-state index contributed by atoms with van der Waals surface area (Å²) in [5.74, 6) is -1.43. The molecule has 0 aromatic heterocycles. The Balaban J connectivity index is 2.24. The zero-order valence-electron chi connectivity index (χ0n) is 14.7. The summed E-state index contributed by atoms with van der Waals surface area (Å²) in [5, 5.41) is 12.7. The first-order valence-electron chi connectivity index (χ1n) is 8.30. The van der Waals surface area contributed by atoms with E-state index < -0.39 is 48.0 Å². The second kappa shape index (κ2) is 8.91. The van der Waals surface area contributed by atoms with Crippen molar-refractivity contribution in [3.05, 3.63) is 70.5 Å². The van der Waals surface area contributed by atoms with E-state index in [1.54, 1.807) is 0 Å². The lowest BCUT2D eigenvalue weighted by Gasteiger charge is -2.23. The normalized spacial score (nSPS) is 14.5. The van der Waals surface area contributed by atoms with Gasteiger partial charge in [0.2, 0.25) is 0 Å². The van der Waals surface area contributed by atoms with Gasteiger partial charge in [-0.15, -0.1) is 0 Å². The van der Waals surface area contributed by atoms with E-state index in [0.717, 1.165) is 12.1 Å². The van der Waals surface area contributed by atoms with Crippen LogP contribution in [0.1, 0.15) is 34.6 Å². The SMILES string of the molecule is O=CC[C@@H](c1ccc(F)cc1)C(O)NCc1cc(C(F)(F)F)cc(C(F)(F)F)c1. The molecule has 2 rings (SSSR count). The smallest absolute Gasteiger partial charge is 0.378 e. The number of nitrogens with one attached hydrogen (secondary N) is 1. The Morgan fingerprint density at radius 2 is 1.45 bits per heavy atom.